The van der Waals surface area contributed by atoms with Gasteiger partial charge in [-0.2, -0.15) is 0 Å². The molecule has 4 saturated carbocycles. The van der Waals surface area contributed by atoms with Gasteiger partial charge in [0.2, 0.25) is 0 Å². The Morgan fingerprint density at radius 3 is 1.56 bits per heavy atom. The van der Waals surface area contributed by atoms with Crippen molar-refractivity contribution < 1.29 is 0 Å². The normalized spacial score (nSPS) is 25.2. The fraction of sp³-hybridized carbons (Fsp3) is 0.265. The summed E-state index contributed by atoms with van der Waals surface area (Å²) in [6.45, 7) is 4.94. The Balaban J connectivity index is 1.18. The van der Waals surface area contributed by atoms with Crippen LogP contribution >= 0.6 is 0 Å². The second-order valence-electron chi connectivity index (χ2n) is 16.2. The van der Waals surface area contributed by atoms with Crippen LogP contribution in [-0.2, 0) is 10.8 Å². The van der Waals surface area contributed by atoms with Crippen molar-refractivity contribution in [3.63, 3.8) is 0 Å². The number of hydrogen-bond acceptors (Lipinski definition) is 1. The molecule has 246 valence electrons. The number of nitrogens with zero attached hydrogens (tertiary/aromatic N) is 1. The third-order valence-corrected chi connectivity index (χ3v) is 13.3. The highest BCUT2D eigenvalue weighted by Crippen LogP contribution is 2.69. The Morgan fingerprint density at radius 1 is 0.400 bits per heavy atom. The van der Waals surface area contributed by atoms with E-state index in [4.69, 9.17) is 0 Å². The molecule has 1 heteroatoms. The predicted octanol–water partition coefficient (Wildman–Crippen LogP) is 12.9. The Hall–Kier alpha value is -4.88. The van der Waals surface area contributed by atoms with E-state index < -0.39 is 0 Å². The van der Waals surface area contributed by atoms with E-state index in [9.17, 15) is 0 Å². The fourth-order valence-electron chi connectivity index (χ4n) is 11.4. The average molecular weight is 648 g/mol. The van der Waals surface area contributed by atoms with E-state index in [1.165, 1.54) is 77.0 Å². The zero-order valence-electron chi connectivity index (χ0n) is 29.2. The van der Waals surface area contributed by atoms with Gasteiger partial charge >= 0.3 is 0 Å². The van der Waals surface area contributed by atoms with Gasteiger partial charge in [0.05, 0.1) is 0 Å². The van der Waals surface area contributed by atoms with E-state index in [1.807, 2.05) is 0 Å². The van der Waals surface area contributed by atoms with Gasteiger partial charge in [0, 0.05) is 27.9 Å². The highest BCUT2D eigenvalue weighted by atomic mass is 15.1. The van der Waals surface area contributed by atoms with E-state index in [1.54, 1.807) is 16.7 Å². The van der Waals surface area contributed by atoms with Crippen LogP contribution in [0, 0.1) is 23.7 Å². The average Bonchev–Trinajstić information content (AvgIpc) is 3.16. The van der Waals surface area contributed by atoms with Crippen LogP contribution in [0.5, 0.6) is 0 Å². The molecule has 0 radical (unpaired) electrons. The monoisotopic (exact) mass is 647 g/mol. The molecule has 0 N–H and O–H groups in total. The minimum atomic E-state index is -0.0558. The first-order valence-electron chi connectivity index (χ1n) is 18.9. The van der Waals surface area contributed by atoms with Gasteiger partial charge in [-0.3, -0.25) is 0 Å². The van der Waals surface area contributed by atoms with Gasteiger partial charge in [-0.1, -0.05) is 129 Å². The van der Waals surface area contributed by atoms with E-state index in [0.29, 0.717) is 11.8 Å². The summed E-state index contributed by atoms with van der Waals surface area (Å²) in [5.41, 5.74) is 14.9. The molecule has 4 bridgehead atoms. The first-order valence-corrected chi connectivity index (χ1v) is 18.9. The summed E-state index contributed by atoms with van der Waals surface area (Å²) >= 11 is 0. The van der Waals surface area contributed by atoms with Crippen molar-refractivity contribution in [3.8, 4) is 22.3 Å². The highest BCUT2D eigenvalue weighted by Gasteiger charge is 2.62. The van der Waals surface area contributed by atoms with Gasteiger partial charge in [0.25, 0.3) is 0 Å². The Bertz CT molecular complexity index is 2160. The predicted molar refractivity (Wildman–Crippen MR) is 208 cm³/mol. The van der Waals surface area contributed by atoms with Gasteiger partial charge in [-0.05, 0) is 137 Å². The van der Waals surface area contributed by atoms with E-state index in [2.05, 4.69) is 170 Å². The molecule has 0 aromatic heterocycles. The van der Waals surface area contributed by atoms with Crippen LogP contribution in [0.3, 0.4) is 0 Å². The van der Waals surface area contributed by atoms with Gasteiger partial charge < -0.3 is 4.90 Å². The summed E-state index contributed by atoms with van der Waals surface area (Å²) in [5, 5.41) is 0. The van der Waals surface area contributed by atoms with Gasteiger partial charge in [0.1, 0.15) is 0 Å². The molecule has 0 unspecified atom stereocenters. The molecular weight excluding hydrogens is 603 g/mol. The first kappa shape index (κ1) is 30.0. The lowest BCUT2D eigenvalue weighted by Crippen LogP contribution is -2.58. The van der Waals surface area contributed by atoms with Crippen LogP contribution in [0.4, 0.5) is 17.1 Å². The standard InChI is InChI=1S/C49H45N/c1-48(2)44-18-9-10-19-46(44)49(39-27-33-26-34(29-39)30-40(49)28-33)47-32-43(24-25-45(47)48)50(41-22-20-37(21-23-41)35-12-5-3-6-13-35)42-17-11-16-38(31-42)36-14-7-4-8-15-36/h3-25,31-34,39-40H,26-30H2,1-2H3. The summed E-state index contributed by atoms with van der Waals surface area (Å²) in [4.78, 5) is 2.51. The van der Waals surface area contributed by atoms with E-state index in [-0.39, 0.29) is 10.8 Å². The van der Waals surface area contributed by atoms with Crippen molar-refractivity contribution in [2.24, 2.45) is 23.7 Å². The number of fused-ring (bicyclic) bond motifs is 2. The Kier molecular flexibility index (Phi) is 6.79. The Labute approximate surface area is 297 Å². The van der Waals surface area contributed by atoms with E-state index in [0.717, 1.165) is 11.8 Å². The molecule has 0 amide bonds. The molecule has 11 rings (SSSR count). The van der Waals surface area contributed by atoms with Crippen molar-refractivity contribution in [3.05, 3.63) is 174 Å². The third-order valence-electron chi connectivity index (χ3n) is 13.3. The van der Waals surface area contributed by atoms with Crippen LogP contribution < -0.4 is 4.90 Å². The van der Waals surface area contributed by atoms with Crippen molar-refractivity contribution in [1.82, 2.24) is 0 Å². The third kappa shape index (κ3) is 4.45. The summed E-state index contributed by atoms with van der Waals surface area (Å²) in [6, 6.07) is 57.0. The summed E-state index contributed by atoms with van der Waals surface area (Å²) in [6.07, 6.45) is 7.00. The second-order valence-corrected chi connectivity index (χ2v) is 16.2. The molecule has 0 aliphatic heterocycles. The molecule has 5 aliphatic rings. The lowest BCUT2D eigenvalue weighted by Gasteiger charge is -2.64. The SMILES string of the molecule is CC1(C)c2ccccc2C2(c3cc(N(c4ccc(-c5ccccc5)cc4)c4cccc(-c5ccccc5)c4)ccc31)C1CC3CC(C1)CC2C3. The van der Waals surface area contributed by atoms with Crippen LogP contribution in [0.15, 0.2) is 152 Å². The van der Waals surface area contributed by atoms with Gasteiger partial charge in [-0.15, -0.1) is 0 Å². The molecule has 50 heavy (non-hydrogen) atoms. The van der Waals surface area contributed by atoms with Crippen molar-refractivity contribution in [2.45, 2.75) is 56.8 Å². The fourth-order valence-corrected chi connectivity index (χ4v) is 11.4. The largest absolute Gasteiger partial charge is 0.310 e. The van der Waals surface area contributed by atoms with Crippen molar-refractivity contribution in [1.29, 1.82) is 0 Å². The quantitative estimate of drug-likeness (QED) is 0.180. The van der Waals surface area contributed by atoms with Crippen molar-refractivity contribution >= 4 is 17.1 Å². The molecule has 4 fully saturated rings. The van der Waals surface area contributed by atoms with Crippen molar-refractivity contribution in [2.75, 3.05) is 4.90 Å². The molecule has 0 heterocycles. The van der Waals surface area contributed by atoms with Gasteiger partial charge in [0.15, 0.2) is 0 Å². The number of benzene rings is 6. The van der Waals surface area contributed by atoms with Gasteiger partial charge in [-0.25, -0.2) is 0 Å². The minimum Gasteiger partial charge on any atom is -0.310 e. The zero-order chi connectivity index (χ0) is 33.5. The molecule has 6 aromatic carbocycles. The lowest BCUT2D eigenvalue weighted by atomic mass is 9.39. The molecule has 1 spiro atoms. The summed E-state index contributed by atoms with van der Waals surface area (Å²) < 4.78 is 0. The lowest BCUT2D eigenvalue weighted by molar-refractivity contribution is -0.0443. The first-order chi connectivity index (χ1) is 24.5. The minimum absolute atomic E-state index is 0.0558. The van der Waals surface area contributed by atoms with Crippen LogP contribution in [0.25, 0.3) is 22.3 Å². The number of anilines is 3. The Morgan fingerprint density at radius 2 is 0.900 bits per heavy atom. The molecule has 0 atom stereocenters. The van der Waals surface area contributed by atoms with Crippen LogP contribution in [-0.4, -0.2) is 0 Å². The van der Waals surface area contributed by atoms with Crippen LogP contribution in [0.2, 0.25) is 0 Å². The maximum Gasteiger partial charge on any atom is 0.0467 e. The van der Waals surface area contributed by atoms with E-state index >= 15 is 0 Å². The summed E-state index contributed by atoms with van der Waals surface area (Å²) in [5.74, 6) is 3.25. The van der Waals surface area contributed by atoms with Crippen LogP contribution in [0.1, 0.15) is 68.2 Å². The highest BCUT2D eigenvalue weighted by molar-refractivity contribution is 5.82. The maximum atomic E-state index is 2.65. The zero-order valence-corrected chi connectivity index (χ0v) is 29.2. The summed E-state index contributed by atoms with van der Waals surface area (Å²) in [7, 11) is 0. The molecule has 0 saturated heterocycles. The number of hydrogen-bond donors (Lipinski definition) is 0. The molecule has 6 aromatic rings. The molecule has 5 aliphatic carbocycles. The topological polar surface area (TPSA) is 3.24 Å². The maximum absolute atomic E-state index is 2.65. The molecule has 1 nitrogen and oxygen atoms in total. The molecular formula is C49H45N. The number of rotatable bonds is 5. The smallest absolute Gasteiger partial charge is 0.0467 e. The second kappa shape index (κ2) is 11.3.